The lowest BCUT2D eigenvalue weighted by Gasteiger charge is -2.25. The van der Waals surface area contributed by atoms with Gasteiger partial charge in [0, 0.05) is 6.54 Å². The van der Waals surface area contributed by atoms with Crippen molar-refractivity contribution in [2.45, 2.75) is 25.9 Å². The van der Waals surface area contributed by atoms with E-state index in [9.17, 15) is 4.79 Å². The summed E-state index contributed by atoms with van der Waals surface area (Å²) < 4.78 is 5.59. The lowest BCUT2D eigenvalue weighted by Crippen LogP contribution is -2.34. The van der Waals surface area contributed by atoms with Gasteiger partial charge in [-0.15, -0.1) is 0 Å². The lowest BCUT2D eigenvalue weighted by molar-refractivity contribution is -0.134. The predicted molar refractivity (Wildman–Crippen MR) is 71.3 cm³/mol. The average Bonchev–Trinajstić information content (AvgIpc) is 2.43. The molecule has 0 spiro atoms. The molecule has 0 radical (unpaired) electrons. The minimum atomic E-state index is -0.444. The Morgan fingerprint density at radius 1 is 1.50 bits per heavy atom. The molecule has 3 heteroatoms. The van der Waals surface area contributed by atoms with Gasteiger partial charge in [0.05, 0.1) is 6.61 Å². The van der Waals surface area contributed by atoms with Gasteiger partial charge in [-0.25, -0.2) is 0 Å². The first-order valence-electron chi connectivity index (χ1n) is 6.41. The maximum Gasteiger partial charge on any atom is 0.253 e. The van der Waals surface area contributed by atoms with Crippen LogP contribution in [-0.4, -0.2) is 19.1 Å². The van der Waals surface area contributed by atoms with Crippen LogP contribution in [0.2, 0.25) is 0 Å². The first kappa shape index (κ1) is 12.8. The second-order valence-corrected chi connectivity index (χ2v) is 4.35. The smallest absolute Gasteiger partial charge is 0.253 e. The van der Waals surface area contributed by atoms with E-state index in [0.717, 1.165) is 18.4 Å². The van der Waals surface area contributed by atoms with Crippen LogP contribution in [0.5, 0.6) is 0 Å². The molecule has 1 aromatic carbocycles. The maximum atomic E-state index is 12.1. The van der Waals surface area contributed by atoms with Crippen molar-refractivity contribution in [3.63, 3.8) is 0 Å². The zero-order valence-corrected chi connectivity index (χ0v) is 10.7. The van der Waals surface area contributed by atoms with Crippen LogP contribution in [-0.2, 0) is 16.0 Å². The van der Waals surface area contributed by atoms with Crippen molar-refractivity contribution in [1.29, 1.82) is 0 Å². The molecule has 1 atom stereocenters. The van der Waals surface area contributed by atoms with Gasteiger partial charge in [-0.1, -0.05) is 36.4 Å². The number of carbonyl (C=O) groups excluding carboxylic acids is 1. The highest BCUT2D eigenvalue weighted by Gasteiger charge is 2.26. The van der Waals surface area contributed by atoms with E-state index in [1.807, 2.05) is 37.3 Å². The van der Waals surface area contributed by atoms with Crippen molar-refractivity contribution in [2.24, 2.45) is 0 Å². The SMILES string of the molecule is C/C=C/CCNC(=O)C1OCCc2ccccc21. The van der Waals surface area contributed by atoms with Gasteiger partial charge in [0.2, 0.25) is 0 Å². The fourth-order valence-electron chi connectivity index (χ4n) is 2.15. The number of amides is 1. The summed E-state index contributed by atoms with van der Waals surface area (Å²) >= 11 is 0. The Morgan fingerprint density at radius 2 is 2.33 bits per heavy atom. The van der Waals surface area contributed by atoms with Gasteiger partial charge < -0.3 is 10.1 Å². The summed E-state index contributed by atoms with van der Waals surface area (Å²) in [5, 5.41) is 2.91. The highest BCUT2D eigenvalue weighted by atomic mass is 16.5. The molecule has 0 saturated heterocycles. The number of rotatable bonds is 4. The van der Waals surface area contributed by atoms with E-state index in [1.54, 1.807) is 0 Å². The van der Waals surface area contributed by atoms with Crippen LogP contribution in [0.1, 0.15) is 30.6 Å². The molecule has 0 bridgehead atoms. The third kappa shape index (κ3) is 2.99. The van der Waals surface area contributed by atoms with Crippen LogP contribution in [0.15, 0.2) is 36.4 Å². The number of carbonyl (C=O) groups is 1. The van der Waals surface area contributed by atoms with Gasteiger partial charge in [0.25, 0.3) is 5.91 Å². The number of allylic oxidation sites excluding steroid dienone is 1. The standard InChI is InChI=1S/C15H19NO2/c1-2-3-6-10-16-15(17)14-13-8-5-4-7-12(13)9-11-18-14/h2-5,7-8,14H,6,9-11H2,1H3,(H,16,17)/b3-2+. The number of nitrogens with one attached hydrogen (secondary N) is 1. The Bertz CT molecular complexity index is 440. The van der Waals surface area contributed by atoms with Gasteiger partial charge >= 0.3 is 0 Å². The fraction of sp³-hybridized carbons (Fsp3) is 0.400. The van der Waals surface area contributed by atoms with Crippen LogP contribution in [0.3, 0.4) is 0 Å². The fourth-order valence-corrected chi connectivity index (χ4v) is 2.15. The molecule has 1 amide bonds. The molecule has 1 N–H and O–H groups in total. The summed E-state index contributed by atoms with van der Waals surface area (Å²) in [6.07, 6.45) is 5.32. The van der Waals surface area contributed by atoms with E-state index in [0.29, 0.717) is 13.2 Å². The molecule has 18 heavy (non-hydrogen) atoms. The summed E-state index contributed by atoms with van der Waals surface area (Å²) in [5.41, 5.74) is 2.23. The third-order valence-electron chi connectivity index (χ3n) is 3.08. The van der Waals surface area contributed by atoms with Gasteiger partial charge in [-0.2, -0.15) is 0 Å². The summed E-state index contributed by atoms with van der Waals surface area (Å²) in [5.74, 6) is -0.0355. The first-order chi connectivity index (χ1) is 8.83. The van der Waals surface area contributed by atoms with E-state index in [2.05, 4.69) is 11.4 Å². The lowest BCUT2D eigenvalue weighted by atomic mass is 9.97. The van der Waals surface area contributed by atoms with Gasteiger partial charge in [0.1, 0.15) is 0 Å². The summed E-state index contributed by atoms with van der Waals surface area (Å²) in [6.45, 7) is 3.25. The molecule has 0 aliphatic carbocycles. The number of fused-ring (bicyclic) bond motifs is 1. The molecule has 1 aliphatic heterocycles. The second-order valence-electron chi connectivity index (χ2n) is 4.35. The molecule has 3 nitrogen and oxygen atoms in total. The van der Waals surface area contributed by atoms with Crippen molar-refractivity contribution in [1.82, 2.24) is 5.32 Å². The van der Waals surface area contributed by atoms with Gasteiger partial charge in [-0.3, -0.25) is 4.79 Å². The van der Waals surface area contributed by atoms with Crippen LogP contribution in [0.4, 0.5) is 0 Å². The number of hydrogen-bond donors (Lipinski definition) is 1. The van der Waals surface area contributed by atoms with Crippen LogP contribution >= 0.6 is 0 Å². The van der Waals surface area contributed by atoms with Crippen LogP contribution in [0.25, 0.3) is 0 Å². The van der Waals surface area contributed by atoms with Crippen LogP contribution < -0.4 is 5.32 Å². The van der Waals surface area contributed by atoms with Gasteiger partial charge in [-0.05, 0) is 30.9 Å². The molecule has 0 aromatic heterocycles. The zero-order chi connectivity index (χ0) is 12.8. The molecular weight excluding hydrogens is 226 g/mol. The van der Waals surface area contributed by atoms with Crippen molar-refractivity contribution in [3.05, 3.63) is 47.5 Å². The summed E-state index contributed by atoms with van der Waals surface area (Å²) in [4.78, 5) is 12.1. The Balaban J connectivity index is 1.99. The number of hydrogen-bond acceptors (Lipinski definition) is 2. The van der Waals surface area contributed by atoms with E-state index in [4.69, 9.17) is 4.74 Å². The predicted octanol–water partition coefficient (Wildman–Crippen LogP) is 2.38. The normalized spacial score (nSPS) is 18.6. The quantitative estimate of drug-likeness (QED) is 0.653. The average molecular weight is 245 g/mol. The minimum Gasteiger partial charge on any atom is -0.363 e. The Hall–Kier alpha value is -1.61. The monoisotopic (exact) mass is 245 g/mol. The first-order valence-corrected chi connectivity index (χ1v) is 6.41. The zero-order valence-electron chi connectivity index (χ0n) is 10.7. The van der Waals surface area contributed by atoms with E-state index < -0.39 is 6.10 Å². The molecule has 1 aliphatic rings. The molecule has 1 aromatic rings. The second kappa shape index (κ2) is 6.36. The van der Waals surface area contributed by atoms with E-state index >= 15 is 0 Å². The van der Waals surface area contributed by atoms with Crippen molar-refractivity contribution < 1.29 is 9.53 Å². The molecule has 1 heterocycles. The van der Waals surface area contributed by atoms with Crippen LogP contribution in [0, 0.1) is 0 Å². The van der Waals surface area contributed by atoms with Crippen molar-refractivity contribution in [2.75, 3.05) is 13.2 Å². The highest BCUT2D eigenvalue weighted by molar-refractivity contribution is 5.82. The summed E-state index contributed by atoms with van der Waals surface area (Å²) in [7, 11) is 0. The number of ether oxygens (including phenoxy) is 1. The van der Waals surface area contributed by atoms with Crippen molar-refractivity contribution in [3.8, 4) is 0 Å². The van der Waals surface area contributed by atoms with E-state index in [-0.39, 0.29) is 5.91 Å². The Labute approximate surface area is 108 Å². The Morgan fingerprint density at radius 3 is 3.17 bits per heavy atom. The maximum absolute atomic E-state index is 12.1. The van der Waals surface area contributed by atoms with Gasteiger partial charge in [0.15, 0.2) is 6.10 Å². The molecular formula is C15H19NO2. The molecule has 0 saturated carbocycles. The van der Waals surface area contributed by atoms with E-state index in [1.165, 1.54) is 5.56 Å². The topological polar surface area (TPSA) is 38.3 Å². The molecule has 2 rings (SSSR count). The minimum absolute atomic E-state index is 0.0355. The highest BCUT2D eigenvalue weighted by Crippen LogP contribution is 2.26. The molecule has 0 fully saturated rings. The Kier molecular flexibility index (Phi) is 4.53. The largest absolute Gasteiger partial charge is 0.363 e. The number of benzene rings is 1. The molecule has 1 unspecified atom stereocenters. The molecule has 96 valence electrons. The van der Waals surface area contributed by atoms with Crippen molar-refractivity contribution >= 4 is 5.91 Å². The third-order valence-corrected chi connectivity index (χ3v) is 3.08. The summed E-state index contributed by atoms with van der Waals surface area (Å²) in [6, 6.07) is 8.00.